The number of Topliss-reactive ketones (excluding diaryl/α,β-unsaturated/α-hetero) is 2. The van der Waals surface area contributed by atoms with E-state index in [1.54, 1.807) is 17.5 Å². The molecule has 92 valence electrons. The van der Waals surface area contributed by atoms with Crippen molar-refractivity contribution in [2.24, 2.45) is 0 Å². The molecule has 0 aliphatic rings. The van der Waals surface area contributed by atoms with Crippen LogP contribution in [-0.4, -0.2) is 22.6 Å². The summed E-state index contributed by atoms with van der Waals surface area (Å²) in [5.41, 5.74) is 0.367. The van der Waals surface area contributed by atoms with Gasteiger partial charge in [0.15, 0.2) is 0 Å². The number of hydrogen-bond acceptors (Lipinski definition) is 4. The molecule has 0 unspecified atom stereocenters. The molecule has 0 saturated heterocycles. The number of carbonyl (C=O) groups excluding carboxylic acids is 2. The Labute approximate surface area is 107 Å². The van der Waals surface area contributed by atoms with Crippen LogP contribution in [0.25, 0.3) is 10.1 Å². The van der Waals surface area contributed by atoms with Gasteiger partial charge in [0.05, 0.1) is 6.42 Å². The smallest absolute Gasteiger partial charge is 0.303 e. The third kappa shape index (κ3) is 2.46. The number of carbonyl (C=O) groups is 3. The molecule has 0 atom stereocenters. The van der Waals surface area contributed by atoms with Gasteiger partial charge in [-0.15, -0.1) is 11.3 Å². The van der Waals surface area contributed by atoms with Gasteiger partial charge in [-0.3, -0.25) is 14.4 Å². The second-order valence-corrected chi connectivity index (χ2v) is 4.70. The molecular weight excluding hydrogens is 252 g/mol. The van der Waals surface area contributed by atoms with Crippen LogP contribution in [0.15, 0.2) is 29.6 Å². The normalized spacial score (nSPS) is 10.4. The number of carboxylic acid groups (broad SMARTS) is 1. The van der Waals surface area contributed by atoms with Crippen LogP contribution in [0, 0.1) is 0 Å². The Kier molecular flexibility index (Phi) is 3.53. The van der Waals surface area contributed by atoms with E-state index in [2.05, 4.69) is 0 Å². The predicted molar refractivity (Wildman–Crippen MR) is 68.0 cm³/mol. The first-order valence-electron chi connectivity index (χ1n) is 5.35. The zero-order valence-electron chi connectivity index (χ0n) is 9.38. The number of carboxylic acids is 1. The fraction of sp³-hybridized carbons (Fsp3) is 0.154. The molecule has 1 aromatic heterocycles. The minimum absolute atomic E-state index is 0.252. The van der Waals surface area contributed by atoms with Crippen LogP contribution < -0.4 is 0 Å². The van der Waals surface area contributed by atoms with Crippen LogP contribution >= 0.6 is 11.3 Å². The maximum absolute atomic E-state index is 11.9. The molecule has 0 aliphatic carbocycles. The van der Waals surface area contributed by atoms with E-state index in [4.69, 9.17) is 5.11 Å². The van der Waals surface area contributed by atoms with Gasteiger partial charge in [0.25, 0.3) is 0 Å². The first-order valence-corrected chi connectivity index (χ1v) is 6.23. The molecule has 0 aliphatic heterocycles. The van der Waals surface area contributed by atoms with E-state index in [9.17, 15) is 14.4 Å². The zero-order valence-corrected chi connectivity index (χ0v) is 10.2. The maximum Gasteiger partial charge on any atom is 0.303 e. The van der Waals surface area contributed by atoms with Crippen molar-refractivity contribution in [2.75, 3.05) is 0 Å². The third-order valence-corrected chi connectivity index (χ3v) is 3.51. The molecule has 18 heavy (non-hydrogen) atoms. The van der Waals surface area contributed by atoms with Crippen molar-refractivity contribution in [3.8, 4) is 0 Å². The van der Waals surface area contributed by atoms with Crippen molar-refractivity contribution in [1.82, 2.24) is 0 Å². The molecule has 1 heterocycles. The van der Waals surface area contributed by atoms with E-state index in [1.807, 2.05) is 12.1 Å². The Balaban J connectivity index is 2.23. The molecule has 0 bridgehead atoms. The Bertz CT molecular complexity index is 627. The second-order valence-electron chi connectivity index (χ2n) is 3.79. The molecule has 2 rings (SSSR count). The number of aliphatic carboxylic acids is 1. The molecule has 0 spiro atoms. The lowest BCUT2D eigenvalue weighted by Gasteiger charge is -1.97. The van der Waals surface area contributed by atoms with Gasteiger partial charge in [0, 0.05) is 27.5 Å². The summed E-state index contributed by atoms with van der Waals surface area (Å²) in [5, 5.41) is 10.9. The average molecular weight is 262 g/mol. The lowest BCUT2D eigenvalue weighted by molar-refractivity contribution is -0.138. The molecule has 1 aromatic carbocycles. The first-order chi connectivity index (χ1) is 8.59. The van der Waals surface area contributed by atoms with E-state index in [0.717, 1.165) is 10.1 Å². The zero-order chi connectivity index (χ0) is 13.1. The highest BCUT2D eigenvalue weighted by Gasteiger charge is 2.20. The van der Waals surface area contributed by atoms with Crippen LogP contribution in [0.3, 0.4) is 0 Å². The first kappa shape index (κ1) is 12.4. The van der Waals surface area contributed by atoms with Crippen molar-refractivity contribution >= 4 is 39.0 Å². The Morgan fingerprint density at radius 1 is 1.11 bits per heavy atom. The van der Waals surface area contributed by atoms with E-state index in [1.165, 1.54) is 11.3 Å². The number of hydrogen-bond donors (Lipinski definition) is 1. The summed E-state index contributed by atoms with van der Waals surface area (Å²) in [5.74, 6) is -2.33. The Morgan fingerprint density at radius 3 is 2.56 bits per heavy atom. The Morgan fingerprint density at radius 2 is 1.83 bits per heavy atom. The molecule has 0 amide bonds. The van der Waals surface area contributed by atoms with Crippen molar-refractivity contribution in [1.29, 1.82) is 0 Å². The van der Waals surface area contributed by atoms with Gasteiger partial charge in [-0.05, 0) is 6.07 Å². The highest BCUT2D eigenvalue weighted by molar-refractivity contribution is 7.17. The minimum atomic E-state index is -1.08. The van der Waals surface area contributed by atoms with Crippen molar-refractivity contribution in [3.05, 3.63) is 35.2 Å². The summed E-state index contributed by atoms with van der Waals surface area (Å²) < 4.78 is 0.937. The van der Waals surface area contributed by atoms with Gasteiger partial charge in [-0.2, -0.15) is 0 Å². The van der Waals surface area contributed by atoms with Gasteiger partial charge in [0.2, 0.25) is 11.6 Å². The topological polar surface area (TPSA) is 71.4 Å². The lowest BCUT2D eigenvalue weighted by Crippen LogP contribution is -2.15. The summed E-state index contributed by atoms with van der Waals surface area (Å²) in [7, 11) is 0. The van der Waals surface area contributed by atoms with Crippen LogP contribution in [0.1, 0.15) is 23.2 Å². The molecule has 5 heteroatoms. The highest BCUT2D eigenvalue weighted by atomic mass is 32.1. The van der Waals surface area contributed by atoms with E-state index >= 15 is 0 Å². The summed E-state index contributed by atoms with van der Waals surface area (Å²) in [6.07, 6.45) is -0.565. The fourth-order valence-electron chi connectivity index (χ4n) is 1.64. The SMILES string of the molecule is O=C(O)CCC(=O)C(=O)c1csc2ccccc12. The van der Waals surface area contributed by atoms with Crippen molar-refractivity contribution in [2.45, 2.75) is 12.8 Å². The summed E-state index contributed by atoms with van der Waals surface area (Å²) >= 11 is 1.39. The Hall–Kier alpha value is -2.01. The number of ketones is 2. The van der Waals surface area contributed by atoms with Gasteiger partial charge in [-0.1, -0.05) is 18.2 Å². The quantitative estimate of drug-likeness (QED) is 0.664. The monoisotopic (exact) mass is 262 g/mol. The van der Waals surface area contributed by atoms with Gasteiger partial charge in [-0.25, -0.2) is 0 Å². The second kappa shape index (κ2) is 5.10. The predicted octanol–water partition coefficient (Wildman–Crippen LogP) is 2.52. The lowest BCUT2D eigenvalue weighted by atomic mass is 10.0. The van der Waals surface area contributed by atoms with Gasteiger partial charge in [0.1, 0.15) is 0 Å². The van der Waals surface area contributed by atoms with Crippen LogP contribution in [-0.2, 0) is 9.59 Å². The van der Waals surface area contributed by atoms with E-state index in [-0.39, 0.29) is 12.8 Å². The minimum Gasteiger partial charge on any atom is -0.481 e. The molecule has 4 nitrogen and oxygen atoms in total. The number of fused-ring (bicyclic) bond motifs is 1. The average Bonchev–Trinajstić information content (AvgIpc) is 2.78. The third-order valence-electron chi connectivity index (χ3n) is 2.54. The van der Waals surface area contributed by atoms with Gasteiger partial charge >= 0.3 is 5.97 Å². The molecule has 2 aromatic rings. The molecular formula is C13H10O4S. The standard InChI is InChI=1S/C13H10O4S/c14-10(5-6-12(15)16)13(17)9-7-18-11-4-2-1-3-8(9)11/h1-4,7H,5-6H2,(H,15,16). The van der Waals surface area contributed by atoms with Crippen LogP contribution in [0.2, 0.25) is 0 Å². The summed E-state index contributed by atoms with van der Waals surface area (Å²) in [4.78, 5) is 33.8. The van der Waals surface area contributed by atoms with E-state index in [0.29, 0.717) is 5.56 Å². The molecule has 0 saturated carbocycles. The maximum atomic E-state index is 11.9. The van der Waals surface area contributed by atoms with Crippen LogP contribution in [0.4, 0.5) is 0 Å². The molecule has 0 fully saturated rings. The number of thiophene rings is 1. The summed E-state index contributed by atoms with van der Waals surface area (Å²) in [6.45, 7) is 0. The van der Waals surface area contributed by atoms with Crippen molar-refractivity contribution < 1.29 is 19.5 Å². The number of rotatable bonds is 5. The highest BCUT2D eigenvalue weighted by Crippen LogP contribution is 2.26. The number of benzene rings is 1. The van der Waals surface area contributed by atoms with Crippen LogP contribution in [0.5, 0.6) is 0 Å². The summed E-state index contributed by atoms with van der Waals surface area (Å²) in [6, 6.07) is 7.31. The van der Waals surface area contributed by atoms with E-state index < -0.39 is 17.5 Å². The molecule has 1 N–H and O–H groups in total. The molecule has 0 radical (unpaired) electrons. The van der Waals surface area contributed by atoms with Crippen molar-refractivity contribution in [3.63, 3.8) is 0 Å². The van der Waals surface area contributed by atoms with Gasteiger partial charge < -0.3 is 5.11 Å². The largest absolute Gasteiger partial charge is 0.481 e. The fourth-order valence-corrected chi connectivity index (χ4v) is 2.58.